The van der Waals surface area contributed by atoms with Crippen molar-refractivity contribution in [3.05, 3.63) is 131 Å². The maximum atomic E-state index is 15.7. The summed E-state index contributed by atoms with van der Waals surface area (Å²) in [5.74, 6) is 0.669. The quantitative estimate of drug-likeness (QED) is 0.0495. The molecule has 318 valence electrons. The lowest BCUT2D eigenvalue weighted by Gasteiger charge is -2.36. The van der Waals surface area contributed by atoms with E-state index < -0.39 is 34.5 Å². The lowest BCUT2D eigenvalue weighted by atomic mass is 9.98. The first kappa shape index (κ1) is 45.5. The van der Waals surface area contributed by atoms with Crippen molar-refractivity contribution < 1.29 is 55.9 Å². The van der Waals surface area contributed by atoms with Crippen LogP contribution < -0.4 is 9.47 Å². The number of benzene rings is 4. The van der Waals surface area contributed by atoms with Crippen LogP contribution >= 0.6 is 0 Å². The molecule has 0 bridgehead atoms. The molecule has 15 heteroatoms. The Morgan fingerprint density at radius 1 is 0.559 bits per heavy atom. The monoisotopic (exact) mass is 834 g/mol. The summed E-state index contributed by atoms with van der Waals surface area (Å²) in [6.07, 6.45) is -2.15. The molecule has 0 radical (unpaired) electrons. The zero-order valence-corrected chi connectivity index (χ0v) is 34.8. The zero-order chi connectivity index (χ0) is 42.0. The second-order valence-corrected chi connectivity index (χ2v) is 15.6. The molecule has 14 nitrogen and oxygen atoms in total. The molecule has 0 N–H and O–H groups in total. The van der Waals surface area contributed by atoms with Crippen LogP contribution in [0.5, 0.6) is 11.5 Å². The Morgan fingerprint density at radius 2 is 0.966 bits per heavy atom. The van der Waals surface area contributed by atoms with Gasteiger partial charge in [-0.2, -0.15) is 17.0 Å². The van der Waals surface area contributed by atoms with Crippen LogP contribution in [0, 0.1) is 0 Å². The molecule has 0 aromatic heterocycles. The summed E-state index contributed by atoms with van der Waals surface area (Å²) < 4.78 is 82.1. The van der Waals surface area contributed by atoms with Crippen molar-refractivity contribution in [3.8, 4) is 11.5 Å². The smallest absolute Gasteiger partial charge is 0.283 e. The van der Waals surface area contributed by atoms with Crippen molar-refractivity contribution >= 4 is 21.8 Å². The first-order valence-corrected chi connectivity index (χ1v) is 20.7. The lowest BCUT2D eigenvalue weighted by Crippen LogP contribution is -2.55. The van der Waals surface area contributed by atoms with E-state index in [1.807, 2.05) is 36.4 Å². The maximum Gasteiger partial charge on any atom is 0.283 e. The molecule has 1 aliphatic rings. The zero-order valence-electron chi connectivity index (χ0n) is 34.0. The van der Waals surface area contributed by atoms with Crippen LogP contribution in [0.1, 0.15) is 45.7 Å². The third-order valence-corrected chi connectivity index (χ3v) is 11.6. The van der Waals surface area contributed by atoms with Gasteiger partial charge in [-0.05, 0) is 61.4 Å². The van der Waals surface area contributed by atoms with Gasteiger partial charge >= 0.3 is 0 Å². The summed E-state index contributed by atoms with van der Waals surface area (Å²) in [6.45, 7) is 2.72. The molecule has 0 amide bonds. The minimum Gasteiger partial charge on any atom is -0.492 e. The van der Waals surface area contributed by atoms with E-state index in [1.54, 1.807) is 87.0 Å². The highest BCUT2D eigenvalue weighted by atomic mass is 32.2. The van der Waals surface area contributed by atoms with Crippen molar-refractivity contribution in [2.45, 2.75) is 51.2 Å². The topological polar surface area (TPSA) is 149 Å². The Hall–Kier alpha value is -4.55. The molecule has 0 unspecified atom stereocenters. The molecule has 0 aliphatic carbocycles. The number of ether oxygens (including phenoxy) is 8. The number of rotatable bonds is 24. The Morgan fingerprint density at radius 3 is 1.34 bits per heavy atom. The van der Waals surface area contributed by atoms with Gasteiger partial charge in [0.25, 0.3) is 10.2 Å². The Kier molecular flexibility index (Phi) is 18.0. The van der Waals surface area contributed by atoms with Gasteiger partial charge in [0.05, 0.1) is 38.5 Å². The van der Waals surface area contributed by atoms with Gasteiger partial charge < -0.3 is 37.9 Å². The average molecular weight is 835 g/mol. The number of hydrogen-bond donors (Lipinski definition) is 0. The number of carbonyl (C=O) groups is 2. The molecule has 0 saturated carbocycles. The van der Waals surface area contributed by atoms with Crippen LogP contribution in [-0.4, -0.2) is 120 Å². The summed E-state index contributed by atoms with van der Waals surface area (Å²) >= 11 is 0. The number of para-hydroxylation sites is 2. The predicted molar refractivity (Wildman–Crippen MR) is 219 cm³/mol. The minimum absolute atomic E-state index is 0.170. The summed E-state index contributed by atoms with van der Waals surface area (Å²) in [5.41, 5.74) is 1.96. The van der Waals surface area contributed by atoms with Crippen LogP contribution in [0.15, 0.2) is 109 Å². The van der Waals surface area contributed by atoms with Gasteiger partial charge in [-0.3, -0.25) is 9.59 Å². The molecular formula is C44H54N2O12S. The molecule has 4 atom stereocenters. The fourth-order valence-corrected chi connectivity index (χ4v) is 8.54. The molecule has 0 spiro atoms. The van der Waals surface area contributed by atoms with Crippen molar-refractivity contribution in [2.75, 3.05) is 67.4 Å². The summed E-state index contributed by atoms with van der Waals surface area (Å²) in [5, 5.41) is 0. The second-order valence-electron chi connectivity index (χ2n) is 13.8. The normalized spacial score (nSPS) is 19.5. The molecule has 4 aromatic carbocycles. The molecule has 1 fully saturated rings. The van der Waals surface area contributed by atoms with Crippen molar-refractivity contribution in [2.24, 2.45) is 0 Å². The maximum absolute atomic E-state index is 15.7. The Bertz CT molecular complexity index is 1870. The van der Waals surface area contributed by atoms with Crippen LogP contribution in [0.2, 0.25) is 0 Å². The summed E-state index contributed by atoms with van der Waals surface area (Å²) in [7, 11) is -1.44. The van der Waals surface area contributed by atoms with E-state index >= 15 is 8.42 Å². The van der Waals surface area contributed by atoms with E-state index in [-0.39, 0.29) is 64.7 Å². The number of carbonyl (C=O) groups excluding carboxylic acids is 2. The number of nitrogens with zero attached hydrogens (tertiary/aromatic N) is 2. The summed E-state index contributed by atoms with van der Waals surface area (Å²) in [4.78, 5) is 25.1. The average Bonchev–Trinajstić information content (AvgIpc) is 3.30. The van der Waals surface area contributed by atoms with Gasteiger partial charge in [0.1, 0.15) is 50.5 Å². The van der Waals surface area contributed by atoms with Crippen LogP contribution in [0.25, 0.3) is 0 Å². The lowest BCUT2D eigenvalue weighted by molar-refractivity contribution is -0.196. The predicted octanol–water partition coefficient (Wildman–Crippen LogP) is 5.56. The van der Waals surface area contributed by atoms with E-state index in [4.69, 9.17) is 37.9 Å². The van der Waals surface area contributed by atoms with Crippen molar-refractivity contribution in [3.63, 3.8) is 0 Å². The van der Waals surface area contributed by atoms with Crippen molar-refractivity contribution in [1.82, 2.24) is 8.61 Å². The van der Waals surface area contributed by atoms with Gasteiger partial charge in [0, 0.05) is 38.4 Å². The van der Waals surface area contributed by atoms with E-state index in [0.29, 0.717) is 47.0 Å². The molecule has 4 aromatic rings. The standard InChI is InChI=1S/C44H54N2O12S/c1-33(47)37-15-11-13-35(25-37)27-45-41(29-55-39-17-7-5-8-18-39)43(57-31-53-23-21-51-3)44(58-32-54-24-22-52-4)42(30-56-40-19-9-6-10-20-40)46(59(45,49)50)28-36-14-12-16-38(26-36)34(2)48/h5-20,25-26,41-44H,21-24,27-32H2,1-4H3/t41-,42-,43+,44+/m1/s1. The first-order valence-electron chi connectivity index (χ1n) is 19.3. The highest BCUT2D eigenvalue weighted by molar-refractivity contribution is 7.86. The van der Waals surface area contributed by atoms with Crippen molar-refractivity contribution in [1.29, 1.82) is 0 Å². The molecule has 5 rings (SSSR count). The molecule has 1 heterocycles. The summed E-state index contributed by atoms with van der Waals surface area (Å²) in [6, 6.07) is 29.6. The van der Waals surface area contributed by atoms with E-state index in [9.17, 15) is 9.59 Å². The Balaban J connectivity index is 1.71. The third kappa shape index (κ3) is 13.2. The van der Waals surface area contributed by atoms with Gasteiger partial charge in [0.15, 0.2) is 11.6 Å². The second kappa shape index (κ2) is 23.3. The van der Waals surface area contributed by atoms with Crippen LogP contribution in [-0.2, 0) is 51.7 Å². The van der Waals surface area contributed by atoms with E-state index in [2.05, 4.69) is 0 Å². The largest absolute Gasteiger partial charge is 0.492 e. The third-order valence-electron chi connectivity index (χ3n) is 9.64. The molecule has 59 heavy (non-hydrogen) atoms. The van der Waals surface area contributed by atoms with Gasteiger partial charge in [-0.25, -0.2) is 0 Å². The Labute approximate surface area is 347 Å². The van der Waals surface area contributed by atoms with Crippen LogP contribution in [0.3, 0.4) is 0 Å². The van der Waals surface area contributed by atoms with Crippen LogP contribution in [0.4, 0.5) is 0 Å². The first-order chi connectivity index (χ1) is 28.6. The van der Waals surface area contributed by atoms with E-state index in [1.165, 1.54) is 22.5 Å². The van der Waals surface area contributed by atoms with Gasteiger partial charge in [-0.15, -0.1) is 0 Å². The highest BCUT2D eigenvalue weighted by Crippen LogP contribution is 2.34. The number of hydrogen-bond acceptors (Lipinski definition) is 12. The van der Waals surface area contributed by atoms with Gasteiger partial charge in [-0.1, -0.05) is 72.8 Å². The molecule has 1 saturated heterocycles. The molecule has 1 aliphatic heterocycles. The SMILES string of the molecule is COCCOCO[C@@H]1[C@@H](OCOCCOC)[C@@H](COc2ccccc2)N(Cc2cccc(C(C)=O)c2)S(=O)(=O)N(Cc2cccc(C(C)=O)c2)[C@@H]1COc1ccccc1. The molecular weight excluding hydrogens is 781 g/mol. The fourth-order valence-electron chi connectivity index (χ4n) is 6.60. The number of ketones is 2. The minimum atomic E-state index is -4.56. The number of methoxy groups -OCH3 is 2. The van der Waals surface area contributed by atoms with E-state index in [0.717, 1.165) is 0 Å². The van der Waals surface area contributed by atoms with Gasteiger partial charge in [0.2, 0.25) is 0 Å². The number of Topliss-reactive ketones (excluding diaryl/α,β-unsaturated/α-hetero) is 2. The highest BCUT2D eigenvalue weighted by Gasteiger charge is 2.53. The fraction of sp³-hybridized carbons (Fsp3) is 0.409.